The number of hydrogen-bond acceptors (Lipinski definition) is 3. The van der Waals surface area contributed by atoms with E-state index in [0.717, 1.165) is 0 Å². The van der Waals surface area contributed by atoms with E-state index in [9.17, 15) is 0 Å². The molecule has 4 heteroatoms. The summed E-state index contributed by atoms with van der Waals surface area (Å²) in [5, 5.41) is 0. The second kappa shape index (κ2) is 4.70. The number of thiol groups is 2. The summed E-state index contributed by atoms with van der Waals surface area (Å²) >= 11 is 7.30. The average Bonchev–Trinajstić information content (AvgIpc) is 1.27. The second-order valence-corrected chi connectivity index (χ2v) is 16.9. The van der Waals surface area contributed by atoms with E-state index >= 15 is 0 Å². The first-order chi connectivity index (χ1) is 3.13. The van der Waals surface area contributed by atoms with Crippen LogP contribution in [-0.4, -0.2) is 22.3 Å². The zero-order chi connectivity index (χ0) is 5.86. The topological polar surface area (TPSA) is 0 Å². The summed E-state index contributed by atoms with van der Waals surface area (Å²) in [6.45, 7) is 0. The molecule has 0 aromatic heterocycles. The minimum absolute atomic E-state index is 0.268. The van der Waals surface area contributed by atoms with Crippen LogP contribution < -0.4 is 0 Å². The Morgan fingerprint density at radius 2 is 1.86 bits per heavy atom. The van der Waals surface area contributed by atoms with Crippen molar-refractivity contribution in [2.24, 2.45) is 0 Å². The minimum atomic E-state index is -0.924. The molecule has 7 heavy (non-hydrogen) atoms. The average molecular weight is 260 g/mol. The first-order valence-electron chi connectivity index (χ1n) is 1.96. The molecule has 0 amide bonds. The summed E-state index contributed by atoms with van der Waals surface area (Å²) in [6, 6.07) is 0. The van der Waals surface area contributed by atoms with Crippen molar-refractivity contribution in [1.82, 2.24) is 0 Å². The summed E-state index contributed by atoms with van der Waals surface area (Å²) in [4.78, 5) is 4.65. The van der Waals surface area contributed by atoms with Crippen LogP contribution in [0.1, 0.15) is 0 Å². The van der Waals surface area contributed by atoms with Gasteiger partial charge >= 0.3 is 66.4 Å². The monoisotopic (exact) mass is 261 g/mol. The molecule has 0 spiro atoms. The van der Waals surface area contributed by atoms with E-state index < -0.39 is 18.4 Å². The van der Waals surface area contributed by atoms with E-state index in [1.165, 1.54) is 0 Å². The molecule has 1 radical (unpaired) electrons. The van der Waals surface area contributed by atoms with Crippen molar-refractivity contribution in [2.45, 2.75) is 13.8 Å². The Kier molecular flexibility index (Phi) is 5.94. The van der Waals surface area contributed by atoms with Gasteiger partial charge in [0.15, 0.2) is 0 Å². The molecule has 0 fully saturated rings. The third-order valence-corrected chi connectivity index (χ3v) is 11.1. The fourth-order valence-electron chi connectivity index (χ4n) is 0.211. The number of rotatable bonds is 2. The molecule has 0 saturated heterocycles. The van der Waals surface area contributed by atoms with Crippen LogP contribution in [-0.2, 0) is 0 Å². The quantitative estimate of drug-likeness (QED) is 0.435. The van der Waals surface area contributed by atoms with Crippen molar-refractivity contribution in [3.63, 3.8) is 0 Å². The fraction of sp³-hybridized carbons (Fsp3) is 1.00. The van der Waals surface area contributed by atoms with Crippen LogP contribution in [0.2, 0.25) is 9.88 Å². The van der Waals surface area contributed by atoms with E-state index in [1.54, 1.807) is 0 Å². The molecule has 0 N–H and O–H groups in total. The zero-order valence-corrected chi connectivity index (χ0v) is 9.84. The molecule has 0 aromatic carbocycles. The van der Waals surface area contributed by atoms with Crippen LogP contribution in [0.3, 0.4) is 0 Å². The molecular weight excluding hydrogens is 251 g/mol. The van der Waals surface area contributed by atoms with E-state index in [1.807, 2.05) is 8.95 Å². The van der Waals surface area contributed by atoms with Crippen LogP contribution in [0.5, 0.6) is 0 Å². The van der Waals surface area contributed by atoms with Crippen molar-refractivity contribution in [1.29, 1.82) is 0 Å². The number of hydrogen-bond donors (Lipinski definition) is 2. The maximum atomic E-state index is 4.11. The molecule has 0 saturated carbocycles. The Morgan fingerprint density at radius 3 is 1.86 bits per heavy atom. The van der Waals surface area contributed by atoms with E-state index in [4.69, 9.17) is 0 Å². The maximum absolute atomic E-state index is 4.11. The van der Waals surface area contributed by atoms with Crippen molar-refractivity contribution >= 4 is 52.6 Å². The van der Waals surface area contributed by atoms with Crippen molar-refractivity contribution < 1.29 is 0 Å². The molecule has 0 unspecified atom stereocenters. The van der Waals surface area contributed by atoms with Crippen LogP contribution in [0.15, 0.2) is 0 Å². The van der Waals surface area contributed by atoms with E-state index in [-0.39, 0.29) is 3.91 Å². The van der Waals surface area contributed by atoms with E-state index in [0.29, 0.717) is 0 Å². The van der Waals surface area contributed by atoms with Crippen LogP contribution >= 0.6 is 34.2 Å². The third kappa shape index (κ3) is 7.85. The Labute approximate surface area is 65.8 Å². The molecule has 0 bridgehead atoms. The Hall–Kier alpha value is 1.85. The normalized spacial score (nSPS) is 11.1. The predicted molar refractivity (Wildman–Crippen MR) is 46.8 cm³/mol. The van der Waals surface area contributed by atoms with Crippen molar-refractivity contribution in [3.8, 4) is 0 Å². The summed E-state index contributed by atoms with van der Waals surface area (Å²) in [5.74, 6) is 0. The molecule has 0 aromatic rings. The van der Waals surface area contributed by atoms with Gasteiger partial charge < -0.3 is 0 Å². The van der Waals surface area contributed by atoms with Crippen molar-refractivity contribution in [2.75, 3.05) is 0 Å². The van der Waals surface area contributed by atoms with Gasteiger partial charge in [0.1, 0.15) is 0 Å². The van der Waals surface area contributed by atoms with Crippen LogP contribution in [0, 0.1) is 0 Å². The van der Waals surface area contributed by atoms with Gasteiger partial charge in [0.05, 0.1) is 0 Å². The molecule has 0 aliphatic heterocycles. The van der Waals surface area contributed by atoms with Gasteiger partial charge in [0, 0.05) is 0 Å². The molecule has 43 valence electrons. The molecule has 0 heterocycles. The fourth-order valence-corrected chi connectivity index (χ4v) is 12.7. The molecule has 0 rings (SSSR count). The van der Waals surface area contributed by atoms with Crippen LogP contribution in [0.25, 0.3) is 0 Å². The zero-order valence-electron chi connectivity index (χ0n) is 4.38. The molecule has 0 aliphatic rings. The van der Waals surface area contributed by atoms with Gasteiger partial charge in [-0.15, -0.1) is 0 Å². The SMILES string of the molecule is [CH3][Sn]([CH3])[S]C(S)S. The van der Waals surface area contributed by atoms with Gasteiger partial charge in [0.2, 0.25) is 0 Å². The standard InChI is InChI=1S/CH4S3.2CH3.Sn/c2-1(3)4;;;/h1-4H;2*1H3;/q;;;+1/p-1. The molecule has 0 aliphatic carbocycles. The first-order valence-corrected chi connectivity index (χ1v) is 13.1. The van der Waals surface area contributed by atoms with Gasteiger partial charge in [-0.2, -0.15) is 0 Å². The summed E-state index contributed by atoms with van der Waals surface area (Å²) in [6.07, 6.45) is 0. The summed E-state index contributed by atoms with van der Waals surface area (Å²) in [5.41, 5.74) is 0. The predicted octanol–water partition coefficient (Wildman–Crippen LogP) is 2.11. The summed E-state index contributed by atoms with van der Waals surface area (Å²) < 4.78 is 0.268. The van der Waals surface area contributed by atoms with Gasteiger partial charge in [-0.3, -0.25) is 0 Å². The van der Waals surface area contributed by atoms with Crippen LogP contribution in [0.4, 0.5) is 0 Å². The molecular formula is C3H9S3Sn. The van der Waals surface area contributed by atoms with Crippen molar-refractivity contribution in [3.05, 3.63) is 0 Å². The Bertz CT molecular complexity index is 39.4. The molecule has 0 atom stereocenters. The second-order valence-electron chi connectivity index (χ2n) is 1.35. The third-order valence-electron chi connectivity index (χ3n) is 0.341. The summed E-state index contributed by atoms with van der Waals surface area (Å²) in [7, 11) is 1.93. The van der Waals surface area contributed by atoms with Gasteiger partial charge in [-0.05, 0) is 0 Å². The first kappa shape index (κ1) is 8.85. The van der Waals surface area contributed by atoms with Gasteiger partial charge in [-0.1, -0.05) is 0 Å². The molecule has 0 nitrogen and oxygen atoms in total. The van der Waals surface area contributed by atoms with Gasteiger partial charge in [0.25, 0.3) is 0 Å². The van der Waals surface area contributed by atoms with E-state index in [2.05, 4.69) is 35.1 Å². The van der Waals surface area contributed by atoms with Gasteiger partial charge in [-0.25, -0.2) is 0 Å². The Balaban J connectivity index is 2.95. The Morgan fingerprint density at radius 1 is 1.43 bits per heavy atom.